The van der Waals surface area contributed by atoms with Crippen LogP contribution in [0.4, 0.5) is 10.1 Å². The number of hydrogen-bond acceptors (Lipinski definition) is 2. The lowest BCUT2D eigenvalue weighted by Crippen LogP contribution is -2.38. The molecule has 1 fully saturated rings. The molecule has 0 aliphatic heterocycles. The zero-order valence-electron chi connectivity index (χ0n) is 16.6. The second-order valence-corrected chi connectivity index (χ2v) is 7.36. The van der Waals surface area contributed by atoms with Crippen LogP contribution in [0.2, 0.25) is 0 Å². The van der Waals surface area contributed by atoms with E-state index in [0.29, 0.717) is 17.5 Å². The zero-order chi connectivity index (χ0) is 21.0. The molecule has 6 heteroatoms. The number of hydrogen-bond donors (Lipinski definition) is 1. The maximum atomic E-state index is 13.9. The Morgan fingerprint density at radius 3 is 2.48 bits per heavy atom. The van der Waals surface area contributed by atoms with E-state index in [1.54, 1.807) is 42.3 Å². The summed E-state index contributed by atoms with van der Waals surface area (Å²) in [6.45, 7) is 8.75. The number of nitrogens with one attached hydrogen (secondary N) is 1. The minimum absolute atomic E-state index is 0.00725. The van der Waals surface area contributed by atoms with Crippen molar-refractivity contribution in [2.24, 2.45) is 0 Å². The summed E-state index contributed by atoms with van der Waals surface area (Å²) in [5, 5.41) is 3.00. The van der Waals surface area contributed by atoms with E-state index >= 15 is 0 Å². The van der Waals surface area contributed by atoms with Crippen molar-refractivity contribution in [1.82, 2.24) is 10.2 Å². The minimum atomic E-state index is -0.552. The highest BCUT2D eigenvalue weighted by Crippen LogP contribution is 2.28. The Morgan fingerprint density at radius 2 is 1.86 bits per heavy atom. The zero-order valence-corrected chi connectivity index (χ0v) is 16.6. The lowest BCUT2D eigenvalue weighted by molar-refractivity contribution is -0.121. The average molecular weight is 393 g/mol. The van der Waals surface area contributed by atoms with Crippen molar-refractivity contribution in [3.8, 4) is 11.1 Å². The summed E-state index contributed by atoms with van der Waals surface area (Å²) in [6, 6.07) is 11.7. The van der Waals surface area contributed by atoms with E-state index in [1.807, 2.05) is 6.92 Å². The first-order chi connectivity index (χ1) is 13.9. The molecule has 0 saturated heterocycles. The van der Waals surface area contributed by atoms with Gasteiger partial charge in [0.05, 0.1) is 6.57 Å². The molecule has 150 valence electrons. The number of benzene rings is 2. The Labute approximate surface area is 170 Å². The first-order valence-corrected chi connectivity index (χ1v) is 9.77. The fourth-order valence-corrected chi connectivity index (χ4v) is 3.72. The van der Waals surface area contributed by atoms with Crippen LogP contribution in [0.5, 0.6) is 0 Å². The second-order valence-electron chi connectivity index (χ2n) is 7.36. The van der Waals surface area contributed by atoms with E-state index in [-0.39, 0.29) is 29.6 Å². The summed E-state index contributed by atoms with van der Waals surface area (Å²) in [5.74, 6) is -0.581. The smallest absolute Gasteiger partial charge is 0.253 e. The minimum Gasteiger partial charge on any atom is -0.353 e. The standard InChI is InChI=1S/C23H24FN3O2/c1-4-22(28)26-18-10-11-19(14-18)27(3)23(29)16-7-5-15(6-8-16)17-9-12-21(25-2)20(24)13-17/h5-9,12-13,18-19H,4,10-11,14H2,1,3H3,(H,26,28)/t18-,19+/m0/s1. The van der Waals surface area contributed by atoms with Gasteiger partial charge in [0, 0.05) is 31.1 Å². The third-order valence-corrected chi connectivity index (χ3v) is 5.49. The Balaban J connectivity index is 1.67. The van der Waals surface area contributed by atoms with Crippen LogP contribution >= 0.6 is 0 Å². The first kappa shape index (κ1) is 20.5. The molecule has 3 rings (SSSR count). The summed E-state index contributed by atoms with van der Waals surface area (Å²) in [5.41, 5.74) is 2.00. The Hall–Kier alpha value is -3.20. The normalized spacial score (nSPS) is 18.1. The first-order valence-electron chi connectivity index (χ1n) is 9.77. The third kappa shape index (κ3) is 4.62. The molecular weight excluding hydrogens is 369 g/mol. The van der Waals surface area contributed by atoms with Gasteiger partial charge in [0.15, 0.2) is 0 Å². The van der Waals surface area contributed by atoms with Gasteiger partial charge >= 0.3 is 0 Å². The van der Waals surface area contributed by atoms with Gasteiger partial charge in [0.25, 0.3) is 5.91 Å². The van der Waals surface area contributed by atoms with Crippen LogP contribution in [0.1, 0.15) is 43.0 Å². The molecule has 0 aromatic heterocycles. The molecule has 0 unspecified atom stereocenters. The maximum Gasteiger partial charge on any atom is 0.253 e. The largest absolute Gasteiger partial charge is 0.353 e. The molecule has 1 aliphatic carbocycles. The van der Waals surface area contributed by atoms with Gasteiger partial charge in [-0.1, -0.05) is 31.2 Å². The van der Waals surface area contributed by atoms with Gasteiger partial charge in [-0.15, -0.1) is 0 Å². The van der Waals surface area contributed by atoms with E-state index in [1.165, 1.54) is 12.1 Å². The van der Waals surface area contributed by atoms with E-state index in [0.717, 1.165) is 24.8 Å². The Kier molecular flexibility index (Phi) is 6.28. The van der Waals surface area contributed by atoms with Gasteiger partial charge in [0.2, 0.25) is 11.6 Å². The van der Waals surface area contributed by atoms with Crippen molar-refractivity contribution in [2.75, 3.05) is 7.05 Å². The molecule has 5 nitrogen and oxygen atoms in total. The number of rotatable bonds is 5. The van der Waals surface area contributed by atoms with Crippen molar-refractivity contribution < 1.29 is 14.0 Å². The van der Waals surface area contributed by atoms with Crippen molar-refractivity contribution >= 4 is 17.5 Å². The molecule has 29 heavy (non-hydrogen) atoms. The summed E-state index contributed by atoms with van der Waals surface area (Å²) >= 11 is 0. The summed E-state index contributed by atoms with van der Waals surface area (Å²) in [7, 11) is 1.80. The average Bonchev–Trinajstić information content (AvgIpc) is 3.21. The lowest BCUT2D eigenvalue weighted by Gasteiger charge is -2.25. The van der Waals surface area contributed by atoms with Gasteiger partial charge in [-0.3, -0.25) is 9.59 Å². The Bertz CT molecular complexity index is 950. The fourth-order valence-electron chi connectivity index (χ4n) is 3.72. The Morgan fingerprint density at radius 1 is 1.17 bits per heavy atom. The predicted molar refractivity (Wildman–Crippen MR) is 110 cm³/mol. The van der Waals surface area contributed by atoms with Gasteiger partial charge in [-0.05, 0) is 48.6 Å². The number of carbonyl (C=O) groups excluding carboxylic acids is 2. The molecule has 1 aliphatic rings. The van der Waals surface area contributed by atoms with Crippen LogP contribution in [0.3, 0.4) is 0 Å². The van der Waals surface area contributed by atoms with E-state index in [4.69, 9.17) is 6.57 Å². The maximum absolute atomic E-state index is 13.9. The molecule has 2 amide bonds. The molecular formula is C23H24FN3O2. The van der Waals surface area contributed by atoms with Crippen molar-refractivity contribution in [1.29, 1.82) is 0 Å². The van der Waals surface area contributed by atoms with E-state index in [9.17, 15) is 14.0 Å². The molecule has 2 aromatic rings. The van der Waals surface area contributed by atoms with Crippen LogP contribution in [0.15, 0.2) is 42.5 Å². The number of nitrogens with zero attached hydrogens (tertiary/aromatic N) is 2. The van der Waals surface area contributed by atoms with Gasteiger partial charge in [0.1, 0.15) is 5.82 Å². The number of halogens is 1. The molecule has 1 N–H and O–H groups in total. The van der Waals surface area contributed by atoms with Gasteiger partial charge < -0.3 is 10.2 Å². The summed E-state index contributed by atoms with van der Waals surface area (Å²) in [4.78, 5) is 29.3. The predicted octanol–water partition coefficient (Wildman–Crippen LogP) is 4.56. The van der Waals surface area contributed by atoms with Gasteiger partial charge in [-0.2, -0.15) is 0 Å². The van der Waals surface area contributed by atoms with E-state index in [2.05, 4.69) is 10.2 Å². The second kappa shape index (κ2) is 8.87. The van der Waals surface area contributed by atoms with Crippen LogP contribution < -0.4 is 5.32 Å². The van der Waals surface area contributed by atoms with Crippen LogP contribution in [0, 0.1) is 12.4 Å². The van der Waals surface area contributed by atoms with Crippen molar-refractivity contribution in [2.45, 2.75) is 44.7 Å². The summed E-state index contributed by atoms with van der Waals surface area (Å²) in [6.07, 6.45) is 2.96. The monoisotopic (exact) mass is 393 g/mol. The third-order valence-electron chi connectivity index (χ3n) is 5.49. The highest BCUT2D eigenvalue weighted by molar-refractivity contribution is 5.94. The molecule has 2 aromatic carbocycles. The van der Waals surface area contributed by atoms with Gasteiger partial charge in [-0.25, -0.2) is 9.24 Å². The number of carbonyl (C=O) groups is 2. The topological polar surface area (TPSA) is 53.8 Å². The van der Waals surface area contributed by atoms with Crippen LogP contribution in [-0.4, -0.2) is 35.8 Å². The van der Waals surface area contributed by atoms with Crippen molar-refractivity contribution in [3.63, 3.8) is 0 Å². The lowest BCUT2D eigenvalue weighted by atomic mass is 10.0. The quantitative estimate of drug-likeness (QED) is 0.757. The molecule has 0 spiro atoms. The molecule has 0 radical (unpaired) electrons. The molecule has 0 heterocycles. The highest BCUT2D eigenvalue weighted by atomic mass is 19.1. The van der Waals surface area contributed by atoms with Crippen molar-refractivity contribution in [3.05, 3.63) is 65.3 Å². The van der Waals surface area contributed by atoms with E-state index < -0.39 is 5.82 Å². The summed E-state index contributed by atoms with van der Waals surface area (Å²) < 4.78 is 13.9. The molecule has 2 atom stereocenters. The highest BCUT2D eigenvalue weighted by Gasteiger charge is 2.30. The van der Waals surface area contributed by atoms with Crippen LogP contribution in [0.25, 0.3) is 16.0 Å². The molecule has 0 bridgehead atoms. The number of amides is 2. The SMILES string of the molecule is [C-]#[N+]c1ccc(-c2ccc(C(=O)N(C)[C@@H]3CC[C@H](NC(=O)CC)C3)cc2)cc1F. The van der Waals surface area contributed by atoms with Crippen LogP contribution in [-0.2, 0) is 4.79 Å². The molecule has 1 saturated carbocycles. The fraction of sp³-hybridized carbons (Fsp3) is 0.348.